The molecule has 0 unspecified atom stereocenters. The minimum absolute atomic E-state index is 0.102. The third kappa shape index (κ3) is 5.03. The lowest BCUT2D eigenvalue weighted by atomic mass is 10.1. The number of carbonyl (C=O) groups is 1. The highest BCUT2D eigenvalue weighted by molar-refractivity contribution is 5.90. The fraction of sp³-hybridized carbons (Fsp3) is 0.250. The normalized spacial score (nSPS) is 10.9. The van der Waals surface area contributed by atoms with E-state index in [9.17, 15) is 9.59 Å². The van der Waals surface area contributed by atoms with Gasteiger partial charge in [0.1, 0.15) is 5.75 Å². The first-order valence-corrected chi connectivity index (χ1v) is 10.5. The maximum atomic E-state index is 12.5. The van der Waals surface area contributed by atoms with Crippen LogP contribution in [0.1, 0.15) is 31.2 Å². The van der Waals surface area contributed by atoms with E-state index in [1.165, 1.54) is 0 Å². The van der Waals surface area contributed by atoms with Crippen molar-refractivity contribution in [1.82, 2.24) is 15.1 Å². The highest BCUT2D eigenvalue weighted by atomic mass is 16.5. The van der Waals surface area contributed by atoms with Crippen LogP contribution in [0.4, 0.5) is 5.69 Å². The maximum Gasteiger partial charge on any atom is 0.259 e. The fourth-order valence-electron chi connectivity index (χ4n) is 3.37. The van der Waals surface area contributed by atoms with Crippen molar-refractivity contribution in [3.8, 4) is 17.1 Å². The first-order chi connectivity index (χ1) is 15.5. The number of benzene rings is 2. The van der Waals surface area contributed by atoms with Gasteiger partial charge in [0.25, 0.3) is 5.56 Å². The molecule has 0 saturated carbocycles. The number of rotatable bonds is 8. The van der Waals surface area contributed by atoms with E-state index in [1.54, 1.807) is 18.2 Å². The van der Waals surface area contributed by atoms with Gasteiger partial charge in [0.05, 0.1) is 12.2 Å². The molecule has 1 amide bonds. The van der Waals surface area contributed by atoms with E-state index in [0.717, 1.165) is 22.2 Å². The Hall–Kier alpha value is -3.94. The zero-order valence-corrected chi connectivity index (χ0v) is 18.0. The van der Waals surface area contributed by atoms with Crippen LogP contribution in [-0.2, 0) is 11.2 Å². The Morgan fingerprint density at radius 3 is 2.75 bits per heavy atom. The molecule has 32 heavy (non-hydrogen) atoms. The Morgan fingerprint density at radius 2 is 1.97 bits per heavy atom. The van der Waals surface area contributed by atoms with Crippen LogP contribution in [0.15, 0.2) is 57.8 Å². The molecule has 0 aliphatic rings. The zero-order valence-electron chi connectivity index (χ0n) is 18.0. The van der Waals surface area contributed by atoms with E-state index in [0.29, 0.717) is 43.0 Å². The Balaban J connectivity index is 1.34. The number of aryl methyl sites for hydroxylation is 2. The summed E-state index contributed by atoms with van der Waals surface area (Å²) in [6.07, 6.45) is 1.28. The van der Waals surface area contributed by atoms with Gasteiger partial charge in [-0.15, -0.1) is 0 Å². The van der Waals surface area contributed by atoms with E-state index < -0.39 is 0 Å². The maximum absolute atomic E-state index is 12.5. The molecule has 0 radical (unpaired) electrons. The third-order valence-corrected chi connectivity index (χ3v) is 4.95. The molecule has 4 rings (SSSR count). The van der Waals surface area contributed by atoms with Gasteiger partial charge in [-0.25, -0.2) is 0 Å². The van der Waals surface area contributed by atoms with Crippen LogP contribution in [0.3, 0.4) is 0 Å². The predicted octanol–water partition coefficient (Wildman–Crippen LogP) is 4.25. The number of aromatic amines is 1. The number of H-pyrrole nitrogens is 1. The number of nitrogens with one attached hydrogen (secondary N) is 2. The largest absolute Gasteiger partial charge is 0.494 e. The lowest BCUT2D eigenvalue weighted by Crippen LogP contribution is -2.11. The number of amides is 1. The summed E-state index contributed by atoms with van der Waals surface area (Å²) in [4.78, 5) is 31.8. The van der Waals surface area contributed by atoms with E-state index in [2.05, 4.69) is 20.4 Å². The Morgan fingerprint density at radius 1 is 1.16 bits per heavy atom. The summed E-state index contributed by atoms with van der Waals surface area (Å²) in [5.74, 6) is 1.29. The van der Waals surface area contributed by atoms with Gasteiger partial charge in [-0.1, -0.05) is 17.3 Å². The Kier molecular flexibility index (Phi) is 6.30. The van der Waals surface area contributed by atoms with Gasteiger partial charge in [0, 0.05) is 24.0 Å². The molecule has 0 aliphatic carbocycles. The number of hydrogen-bond donors (Lipinski definition) is 2. The van der Waals surface area contributed by atoms with Gasteiger partial charge in [-0.3, -0.25) is 9.59 Å². The molecule has 2 heterocycles. The summed E-state index contributed by atoms with van der Waals surface area (Å²) in [6.45, 7) is 4.48. The van der Waals surface area contributed by atoms with Crippen molar-refractivity contribution < 1.29 is 14.1 Å². The highest BCUT2D eigenvalue weighted by Gasteiger charge is 2.14. The molecule has 0 atom stereocenters. The predicted molar refractivity (Wildman–Crippen MR) is 122 cm³/mol. The van der Waals surface area contributed by atoms with Crippen molar-refractivity contribution in [1.29, 1.82) is 0 Å². The zero-order chi connectivity index (χ0) is 22.5. The van der Waals surface area contributed by atoms with Crippen LogP contribution < -0.4 is 15.6 Å². The molecule has 2 aromatic carbocycles. The number of nitrogens with zero attached hydrogens (tertiary/aromatic N) is 2. The lowest BCUT2D eigenvalue weighted by Gasteiger charge is -2.06. The van der Waals surface area contributed by atoms with E-state index in [-0.39, 0.29) is 17.3 Å². The number of hydrogen-bond acceptors (Lipinski definition) is 6. The average Bonchev–Trinajstić information content (AvgIpc) is 3.23. The quantitative estimate of drug-likeness (QED) is 0.431. The number of fused-ring (bicyclic) bond motifs is 1. The molecule has 8 heteroatoms. The van der Waals surface area contributed by atoms with E-state index in [1.807, 2.05) is 44.2 Å². The van der Waals surface area contributed by atoms with E-state index in [4.69, 9.17) is 9.26 Å². The van der Waals surface area contributed by atoms with Crippen LogP contribution in [0.5, 0.6) is 5.75 Å². The SMILES string of the molecule is CCOc1ccc(NC(=O)CCCc2nc(-c3cc4ccc(C)cc4[nH]c3=O)no2)cc1. The van der Waals surface area contributed by atoms with Crippen molar-refractivity contribution in [3.05, 3.63) is 70.3 Å². The second-order valence-electron chi connectivity index (χ2n) is 7.47. The summed E-state index contributed by atoms with van der Waals surface area (Å²) in [7, 11) is 0. The first-order valence-electron chi connectivity index (χ1n) is 10.5. The third-order valence-electron chi connectivity index (χ3n) is 4.95. The smallest absolute Gasteiger partial charge is 0.259 e. The summed E-state index contributed by atoms with van der Waals surface area (Å²) < 4.78 is 10.7. The van der Waals surface area contributed by atoms with Crippen LogP contribution in [0.25, 0.3) is 22.3 Å². The van der Waals surface area contributed by atoms with Gasteiger partial charge < -0.3 is 19.6 Å². The molecule has 4 aromatic rings. The molecule has 0 aliphatic heterocycles. The van der Waals surface area contributed by atoms with Gasteiger partial charge in [-0.2, -0.15) is 4.98 Å². The molecule has 0 bridgehead atoms. The van der Waals surface area contributed by atoms with E-state index >= 15 is 0 Å². The molecule has 0 saturated heterocycles. The molecule has 0 spiro atoms. The first kappa shape index (κ1) is 21.3. The van der Waals surface area contributed by atoms with Crippen molar-refractivity contribution in [2.24, 2.45) is 0 Å². The molecular weight excluding hydrogens is 408 g/mol. The van der Waals surface area contributed by atoms with Crippen molar-refractivity contribution in [2.45, 2.75) is 33.1 Å². The number of ether oxygens (including phenoxy) is 1. The van der Waals surface area contributed by atoms with Crippen LogP contribution >= 0.6 is 0 Å². The topological polar surface area (TPSA) is 110 Å². The van der Waals surface area contributed by atoms with Gasteiger partial charge >= 0.3 is 0 Å². The van der Waals surface area contributed by atoms with Gasteiger partial charge in [0.2, 0.25) is 17.6 Å². The van der Waals surface area contributed by atoms with Crippen LogP contribution in [-0.4, -0.2) is 27.6 Å². The molecule has 0 fully saturated rings. The average molecular weight is 432 g/mol. The molecule has 2 N–H and O–H groups in total. The summed E-state index contributed by atoms with van der Waals surface area (Å²) >= 11 is 0. The van der Waals surface area contributed by atoms with Gasteiger partial charge in [0.15, 0.2) is 0 Å². The summed E-state index contributed by atoms with van der Waals surface area (Å²) in [5.41, 5.74) is 2.62. The molecule has 8 nitrogen and oxygen atoms in total. The number of aromatic nitrogens is 3. The van der Waals surface area contributed by atoms with Crippen LogP contribution in [0.2, 0.25) is 0 Å². The monoisotopic (exact) mass is 432 g/mol. The second-order valence-corrected chi connectivity index (χ2v) is 7.47. The minimum atomic E-state index is -0.273. The van der Waals surface area contributed by atoms with Crippen molar-refractivity contribution >= 4 is 22.5 Å². The Labute approximate surface area is 184 Å². The number of anilines is 1. The molecular formula is C24H24N4O4. The fourth-order valence-corrected chi connectivity index (χ4v) is 3.37. The summed E-state index contributed by atoms with van der Waals surface area (Å²) in [5, 5.41) is 7.68. The highest BCUT2D eigenvalue weighted by Crippen LogP contribution is 2.19. The molecule has 164 valence electrons. The van der Waals surface area contributed by atoms with Gasteiger partial charge in [-0.05, 0) is 67.6 Å². The van der Waals surface area contributed by atoms with Crippen molar-refractivity contribution in [2.75, 3.05) is 11.9 Å². The number of carbonyl (C=O) groups excluding carboxylic acids is 1. The standard InChI is InChI=1S/C24H24N4O4/c1-3-31-18-11-9-17(10-12-18)25-21(29)5-4-6-22-27-23(28-32-22)19-14-16-8-7-15(2)13-20(16)26-24(19)30/h7-14H,3-6H2,1-2H3,(H,25,29)(H,26,30). The van der Waals surface area contributed by atoms with Crippen LogP contribution in [0, 0.1) is 6.92 Å². The minimum Gasteiger partial charge on any atom is -0.494 e. The lowest BCUT2D eigenvalue weighted by molar-refractivity contribution is -0.116. The second kappa shape index (κ2) is 9.47. The molecule has 2 aromatic heterocycles. The Bertz CT molecular complexity index is 1290. The summed E-state index contributed by atoms with van der Waals surface area (Å²) in [6, 6.07) is 14.8. The van der Waals surface area contributed by atoms with Crippen molar-refractivity contribution in [3.63, 3.8) is 0 Å². The number of pyridine rings is 1.